The van der Waals surface area contributed by atoms with Crippen molar-refractivity contribution in [1.29, 1.82) is 0 Å². The van der Waals surface area contributed by atoms with Gasteiger partial charge in [-0.3, -0.25) is 9.59 Å². The number of carbonyl (C=O) groups excluding carboxylic acids is 2. The minimum Gasteiger partial charge on any atom is -0.507 e. The summed E-state index contributed by atoms with van der Waals surface area (Å²) in [6.07, 6.45) is 5.31. The number of benzene rings is 1. The maximum Gasteiger partial charge on any atom is 0.296 e. The predicted octanol–water partition coefficient (Wildman–Crippen LogP) is 4.41. The first kappa shape index (κ1) is 17.1. The highest BCUT2D eigenvalue weighted by atomic mass is 79.9. The van der Waals surface area contributed by atoms with E-state index in [1.165, 1.54) is 6.26 Å². The van der Waals surface area contributed by atoms with Crippen LogP contribution in [0.3, 0.4) is 0 Å². The zero-order valence-electron chi connectivity index (χ0n) is 14.0. The first-order chi connectivity index (χ1) is 12.6. The van der Waals surface area contributed by atoms with E-state index in [0.717, 1.165) is 30.2 Å². The largest absolute Gasteiger partial charge is 0.507 e. The Bertz CT molecular complexity index is 864. The molecule has 134 valence electrons. The van der Waals surface area contributed by atoms with Crippen LogP contribution >= 0.6 is 15.9 Å². The monoisotopic (exact) mass is 415 g/mol. The Labute approximate surface area is 159 Å². The van der Waals surface area contributed by atoms with Gasteiger partial charge in [0, 0.05) is 16.1 Å². The maximum absolute atomic E-state index is 12.8. The average molecular weight is 416 g/mol. The number of nitrogens with zero attached hydrogens (tertiary/aromatic N) is 1. The number of aliphatic hydroxyl groups excluding tert-OH is 1. The van der Waals surface area contributed by atoms with Gasteiger partial charge in [0.25, 0.3) is 11.7 Å². The van der Waals surface area contributed by atoms with Crippen molar-refractivity contribution < 1.29 is 19.1 Å². The number of ketones is 1. The molecule has 4 rings (SSSR count). The first-order valence-corrected chi connectivity index (χ1v) is 9.46. The first-order valence-electron chi connectivity index (χ1n) is 8.67. The lowest BCUT2D eigenvalue weighted by molar-refractivity contribution is -0.141. The van der Waals surface area contributed by atoms with E-state index in [4.69, 9.17) is 4.42 Å². The van der Waals surface area contributed by atoms with Crippen LogP contribution in [0.4, 0.5) is 0 Å². The number of halogens is 1. The summed E-state index contributed by atoms with van der Waals surface area (Å²) in [5, 5.41) is 10.9. The fourth-order valence-electron chi connectivity index (χ4n) is 3.90. The summed E-state index contributed by atoms with van der Waals surface area (Å²) < 4.78 is 6.40. The average Bonchev–Trinajstić information content (AvgIpc) is 3.37. The van der Waals surface area contributed by atoms with Crippen LogP contribution in [0.5, 0.6) is 0 Å². The number of likely N-dealkylation sites (tertiary alicyclic amines) is 1. The lowest BCUT2D eigenvalue weighted by Crippen LogP contribution is -2.37. The van der Waals surface area contributed by atoms with Crippen LogP contribution in [0.2, 0.25) is 0 Å². The molecule has 1 atom stereocenters. The van der Waals surface area contributed by atoms with Crippen LogP contribution in [0.15, 0.2) is 57.1 Å². The summed E-state index contributed by atoms with van der Waals surface area (Å²) in [5.74, 6) is -0.886. The molecule has 6 heteroatoms. The summed E-state index contributed by atoms with van der Waals surface area (Å²) in [4.78, 5) is 27.2. The highest BCUT2D eigenvalue weighted by Crippen LogP contribution is 2.43. The number of carbonyl (C=O) groups is 2. The molecule has 1 saturated heterocycles. The van der Waals surface area contributed by atoms with Crippen molar-refractivity contribution in [1.82, 2.24) is 4.90 Å². The van der Waals surface area contributed by atoms with Crippen LogP contribution in [0, 0.1) is 0 Å². The predicted molar refractivity (Wildman–Crippen MR) is 99.2 cm³/mol. The Hall–Kier alpha value is -2.34. The summed E-state index contributed by atoms with van der Waals surface area (Å²) in [5.41, 5.74) is 0.591. The molecule has 1 amide bonds. The molecular weight excluding hydrogens is 398 g/mol. The molecule has 1 saturated carbocycles. The van der Waals surface area contributed by atoms with Gasteiger partial charge < -0.3 is 14.4 Å². The molecule has 0 bridgehead atoms. The van der Waals surface area contributed by atoms with Gasteiger partial charge in [0.05, 0.1) is 11.8 Å². The zero-order valence-corrected chi connectivity index (χ0v) is 15.6. The van der Waals surface area contributed by atoms with Gasteiger partial charge in [-0.2, -0.15) is 0 Å². The quantitative estimate of drug-likeness (QED) is 0.457. The molecule has 0 radical (unpaired) electrons. The summed E-state index contributed by atoms with van der Waals surface area (Å²) in [6, 6.07) is 9.77. The summed E-state index contributed by atoms with van der Waals surface area (Å²) in [7, 11) is 0. The van der Waals surface area contributed by atoms with Gasteiger partial charge in [0.2, 0.25) is 0 Å². The fraction of sp³-hybridized carbons (Fsp3) is 0.300. The van der Waals surface area contributed by atoms with E-state index in [2.05, 4.69) is 15.9 Å². The lowest BCUT2D eigenvalue weighted by Gasteiger charge is -2.29. The molecule has 1 aromatic heterocycles. The Morgan fingerprint density at radius 2 is 1.81 bits per heavy atom. The standard InChI is InChI=1S/C20H18BrNO4/c21-13-9-7-12(8-10-13)18(23)16-17(15-6-3-11-26-15)22(20(25)19(16)24)14-4-1-2-5-14/h3,6-11,14,17,23H,1-2,4-5H2/b18-16-. The molecule has 1 aromatic carbocycles. The molecule has 1 N–H and O–H groups in total. The van der Waals surface area contributed by atoms with Crippen LogP contribution in [0.1, 0.15) is 43.0 Å². The van der Waals surface area contributed by atoms with Gasteiger partial charge in [-0.25, -0.2) is 0 Å². The van der Waals surface area contributed by atoms with Gasteiger partial charge in [-0.15, -0.1) is 0 Å². The molecular formula is C20H18BrNO4. The Kier molecular flexibility index (Phi) is 4.44. The second kappa shape index (κ2) is 6.76. The lowest BCUT2D eigenvalue weighted by atomic mass is 9.99. The molecule has 2 aliphatic rings. The SMILES string of the molecule is O=C1C(=O)N(C2CCCC2)C(c2ccco2)/C1=C(/O)c1ccc(Br)cc1. The summed E-state index contributed by atoms with van der Waals surface area (Å²) in [6.45, 7) is 0. The number of aliphatic hydroxyl groups is 1. The van der Waals surface area contributed by atoms with Gasteiger partial charge in [-0.1, -0.05) is 40.9 Å². The van der Waals surface area contributed by atoms with E-state index >= 15 is 0 Å². The van der Waals surface area contributed by atoms with E-state index in [1.807, 2.05) is 0 Å². The number of rotatable bonds is 3. The Balaban J connectivity index is 1.86. The van der Waals surface area contributed by atoms with Gasteiger partial charge >= 0.3 is 0 Å². The van der Waals surface area contributed by atoms with Crippen LogP contribution < -0.4 is 0 Å². The topological polar surface area (TPSA) is 70.8 Å². The van der Waals surface area contributed by atoms with Crippen molar-refractivity contribution in [3.05, 3.63) is 64.0 Å². The molecule has 2 aromatic rings. The maximum atomic E-state index is 12.8. The third-order valence-corrected chi connectivity index (χ3v) is 5.66. The molecule has 1 aliphatic heterocycles. The minimum atomic E-state index is -0.684. The molecule has 1 aliphatic carbocycles. The van der Waals surface area contributed by atoms with E-state index in [1.54, 1.807) is 41.3 Å². The van der Waals surface area contributed by atoms with Crippen molar-refractivity contribution >= 4 is 33.4 Å². The molecule has 5 nitrogen and oxygen atoms in total. The van der Waals surface area contributed by atoms with Crippen molar-refractivity contribution in [2.24, 2.45) is 0 Å². The number of hydrogen-bond donors (Lipinski definition) is 1. The third-order valence-electron chi connectivity index (χ3n) is 5.13. The Morgan fingerprint density at radius 1 is 1.12 bits per heavy atom. The van der Waals surface area contributed by atoms with E-state index in [9.17, 15) is 14.7 Å². The molecule has 26 heavy (non-hydrogen) atoms. The highest BCUT2D eigenvalue weighted by molar-refractivity contribution is 9.10. The van der Waals surface area contributed by atoms with Gasteiger partial charge in [0.1, 0.15) is 17.6 Å². The molecule has 2 fully saturated rings. The minimum absolute atomic E-state index is 0.00299. The smallest absolute Gasteiger partial charge is 0.296 e. The highest BCUT2D eigenvalue weighted by Gasteiger charge is 2.50. The number of amides is 1. The van der Waals surface area contributed by atoms with Crippen molar-refractivity contribution in [2.45, 2.75) is 37.8 Å². The van der Waals surface area contributed by atoms with E-state index in [0.29, 0.717) is 11.3 Å². The van der Waals surface area contributed by atoms with Crippen molar-refractivity contribution in [2.75, 3.05) is 0 Å². The number of furan rings is 1. The van der Waals surface area contributed by atoms with Crippen LogP contribution in [-0.4, -0.2) is 27.7 Å². The van der Waals surface area contributed by atoms with Gasteiger partial charge in [0.15, 0.2) is 0 Å². The number of hydrogen-bond acceptors (Lipinski definition) is 4. The third kappa shape index (κ3) is 2.78. The van der Waals surface area contributed by atoms with Gasteiger partial charge in [-0.05, 0) is 37.1 Å². The molecule has 1 unspecified atom stereocenters. The van der Waals surface area contributed by atoms with Crippen molar-refractivity contribution in [3.63, 3.8) is 0 Å². The normalized spacial score (nSPS) is 23.1. The van der Waals surface area contributed by atoms with E-state index in [-0.39, 0.29) is 17.4 Å². The fourth-order valence-corrected chi connectivity index (χ4v) is 4.16. The number of Topliss-reactive ketones (excluding diaryl/α,β-unsaturated/α-hetero) is 1. The van der Waals surface area contributed by atoms with Crippen LogP contribution in [0.25, 0.3) is 5.76 Å². The summed E-state index contributed by atoms with van der Waals surface area (Å²) >= 11 is 3.36. The van der Waals surface area contributed by atoms with Crippen molar-refractivity contribution in [3.8, 4) is 0 Å². The Morgan fingerprint density at radius 3 is 2.42 bits per heavy atom. The second-order valence-electron chi connectivity index (χ2n) is 6.67. The molecule has 0 spiro atoms. The zero-order chi connectivity index (χ0) is 18.3. The molecule has 2 heterocycles. The van der Waals surface area contributed by atoms with Crippen LogP contribution in [-0.2, 0) is 9.59 Å². The second-order valence-corrected chi connectivity index (χ2v) is 7.58. The van der Waals surface area contributed by atoms with E-state index < -0.39 is 17.7 Å².